The number of hydrogen-bond acceptors (Lipinski definition) is 4. The van der Waals surface area contributed by atoms with Gasteiger partial charge in [-0.05, 0) is 30.5 Å². The molecule has 1 aromatic carbocycles. The van der Waals surface area contributed by atoms with Crippen molar-refractivity contribution >= 4 is 0 Å². The van der Waals surface area contributed by atoms with Crippen LogP contribution in [0, 0.1) is 0 Å². The van der Waals surface area contributed by atoms with Crippen LogP contribution in [0.2, 0.25) is 0 Å². The Balaban J connectivity index is 2.16. The lowest BCUT2D eigenvalue weighted by Crippen LogP contribution is -2.15. The van der Waals surface area contributed by atoms with Gasteiger partial charge < -0.3 is 19.5 Å². The molecule has 0 radical (unpaired) electrons. The molecule has 0 heterocycles. The molecule has 120 valence electrons. The summed E-state index contributed by atoms with van der Waals surface area (Å²) in [4.78, 5) is 0. The minimum absolute atomic E-state index is 0.629. The summed E-state index contributed by atoms with van der Waals surface area (Å²) in [6.07, 6.45) is 2.08. The van der Waals surface area contributed by atoms with Crippen LogP contribution in [0.1, 0.15) is 30.9 Å². The molecule has 0 saturated heterocycles. The summed E-state index contributed by atoms with van der Waals surface area (Å²) < 4.78 is 16.1. The van der Waals surface area contributed by atoms with Crippen molar-refractivity contribution in [3.05, 3.63) is 35.4 Å². The van der Waals surface area contributed by atoms with E-state index in [1.807, 2.05) is 0 Å². The van der Waals surface area contributed by atoms with Gasteiger partial charge in [-0.25, -0.2) is 0 Å². The zero-order chi connectivity index (χ0) is 15.2. The number of hydrogen-bond donors (Lipinski definition) is 1. The molecule has 0 aliphatic carbocycles. The molecular weight excluding hydrogens is 266 g/mol. The molecule has 0 aliphatic rings. The van der Waals surface area contributed by atoms with Crippen LogP contribution in [0.15, 0.2) is 24.3 Å². The van der Waals surface area contributed by atoms with Crippen molar-refractivity contribution < 1.29 is 14.2 Å². The molecule has 1 rings (SSSR count). The van der Waals surface area contributed by atoms with E-state index in [0.29, 0.717) is 19.8 Å². The summed E-state index contributed by atoms with van der Waals surface area (Å²) in [5.41, 5.74) is 2.56. The Morgan fingerprint density at radius 2 is 1.71 bits per heavy atom. The van der Waals surface area contributed by atoms with Crippen molar-refractivity contribution in [2.24, 2.45) is 0 Å². The summed E-state index contributed by atoms with van der Waals surface area (Å²) in [6, 6.07) is 8.42. The highest BCUT2D eigenvalue weighted by Gasteiger charge is 2.01. The van der Waals surface area contributed by atoms with Gasteiger partial charge in [0, 0.05) is 26.9 Å². The molecule has 0 saturated carbocycles. The van der Waals surface area contributed by atoms with Crippen molar-refractivity contribution in [3.8, 4) is 0 Å². The highest BCUT2D eigenvalue weighted by Crippen LogP contribution is 2.10. The second-order valence-corrected chi connectivity index (χ2v) is 4.96. The van der Waals surface area contributed by atoms with Crippen molar-refractivity contribution in [3.63, 3.8) is 0 Å². The second-order valence-electron chi connectivity index (χ2n) is 4.96. The van der Waals surface area contributed by atoms with E-state index < -0.39 is 0 Å². The van der Waals surface area contributed by atoms with Gasteiger partial charge in [0.1, 0.15) is 0 Å². The summed E-state index contributed by atoms with van der Waals surface area (Å²) in [5.74, 6) is 0. The van der Waals surface area contributed by atoms with Gasteiger partial charge >= 0.3 is 0 Å². The Bertz CT molecular complexity index is 358. The molecule has 0 spiro atoms. The van der Waals surface area contributed by atoms with Gasteiger partial charge in [0.15, 0.2) is 0 Å². The maximum Gasteiger partial charge on any atom is 0.0721 e. The van der Waals surface area contributed by atoms with Gasteiger partial charge in [0.2, 0.25) is 0 Å². The molecule has 4 nitrogen and oxygen atoms in total. The van der Waals surface area contributed by atoms with Crippen LogP contribution in [0.25, 0.3) is 0 Å². The van der Waals surface area contributed by atoms with Crippen LogP contribution in [-0.2, 0) is 27.4 Å². The monoisotopic (exact) mass is 295 g/mol. The molecule has 0 aliphatic heterocycles. The SMILES string of the molecule is CCCNCc1ccccc1COCCOCCCOC. The third-order valence-electron chi connectivity index (χ3n) is 3.13. The number of benzene rings is 1. The van der Waals surface area contributed by atoms with Crippen molar-refractivity contribution in [1.29, 1.82) is 0 Å². The number of rotatable bonds is 13. The molecule has 0 unspecified atom stereocenters. The van der Waals surface area contributed by atoms with Crippen LogP contribution >= 0.6 is 0 Å². The predicted octanol–water partition coefficient (Wildman–Crippen LogP) is 2.76. The Morgan fingerprint density at radius 3 is 2.48 bits per heavy atom. The molecule has 21 heavy (non-hydrogen) atoms. The third-order valence-corrected chi connectivity index (χ3v) is 3.13. The standard InChI is InChI=1S/C17H29NO3/c1-3-9-18-14-16-7-4-5-8-17(16)15-21-13-12-20-11-6-10-19-2/h4-5,7-8,18H,3,6,9-15H2,1-2H3. The lowest BCUT2D eigenvalue weighted by atomic mass is 10.1. The summed E-state index contributed by atoms with van der Waals surface area (Å²) in [7, 11) is 1.70. The van der Waals surface area contributed by atoms with E-state index in [2.05, 4.69) is 36.5 Å². The lowest BCUT2D eigenvalue weighted by molar-refractivity contribution is 0.0335. The topological polar surface area (TPSA) is 39.7 Å². The average molecular weight is 295 g/mol. The number of methoxy groups -OCH3 is 1. The predicted molar refractivity (Wildman–Crippen MR) is 85.4 cm³/mol. The molecule has 4 heteroatoms. The quantitative estimate of drug-likeness (QED) is 0.568. The summed E-state index contributed by atoms with van der Waals surface area (Å²) in [5, 5.41) is 3.43. The van der Waals surface area contributed by atoms with Crippen molar-refractivity contribution in [2.75, 3.05) is 40.1 Å². The molecule has 1 aromatic rings. The summed E-state index contributed by atoms with van der Waals surface area (Å²) in [6.45, 7) is 7.52. The van der Waals surface area contributed by atoms with E-state index in [-0.39, 0.29) is 0 Å². The van der Waals surface area contributed by atoms with Crippen molar-refractivity contribution in [1.82, 2.24) is 5.32 Å². The van der Waals surface area contributed by atoms with Crippen LogP contribution in [0.3, 0.4) is 0 Å². The van der Waals surface area contributed by atoms with Gasteiger partial charge in [0.25, 0.3) is 0 Å². The molecule has 0 atom stereocenters. The van der Waals surface area contributed by atoms with E-state index in [9.17, 15) is 0 Å². The molecule has 0 aromatic heterocycles. The number of nitrogens with one attached hydrogen (secondary N) is 1. The van der Waals surface area contributed by atoms with E-state index in [1.165, 1.54) is 11.1 Å². The van der Waals surface area contributed by atoms with Gasteiger partial charge in [-0.1, -0.05) is 31.2 Å². The largest absolute Gasteiger partial charge is 0.385 e. The first kappa shape index (κ1) is 18.1. The fourth-order valence-electron chi connectivity index (χ4n) is 1.98. The summed E-state index contributed by atoms with van der Waals surface area (Å²) >= 11 is 0. The maximum atomic E-state index is 5.69. The van der Waals surface area contributed by atoms with Crippen molar-refractivity contribution in [2.45, 2.75) is 32.9 Å². The van der Waals surface area contributed by atoms with E-state index in [4.69, 9.17) is 14.2 Å². The molecule has 0 amide bonds. The Kier molecular flexibility index (Phi) is 11.0. The lowest BCUT2D eigenvalue weighted by Gasteiger charge is -2.11. The molecule has 1 N–H and O–H groups in total. The van der Waals surface area contributed by atoms with E-state index >= 15 is 0 Å². The Hall–Kier alpha value is -0.940. The van der Waals surface area contributed by atoms with E-state index in [1.54, 1.807) is 7.11 Å². The fourth-order valence-corrected chi connectivity index (χ4v) is 1.98. The number of ether oxygens (including phenoxy) is 3. The molecular formula is C17H29NO3. The highest BCUT2D eigenvalue weighted by atomic mass is 16.5. The second kappa shape index (κ2) is 12.8. The normalized spacial score (nSPS) is 11.0. The third kappa shape index (κ3) is 8.83. The Morgan fingerprint density at radius 1 is 0.952 bits per heavy atom. The smallest absolute Gasteiger partial charge is 0.0721 e. The molecule has 0 bridgehead atoms. The zero-order valence-electron chi connectivity index (χ0n) is 13.4. The molecule has 0 fully saturated rings. The zero-order valence-corrected chi connectivity index (χ0v) is 13.4. The van der Waals surface area contributed by atoms with Gasteiger partial charge in [-0.3, -0.25) is 0 Å². The van der Waals surface area contributed by atoms with Crippen LogP contribution in [-0.4, -0.2) is 40.1 Å². The Labute approximate surface area is 128 Å². The minimum Gasteiger partial charge on any atom is -0.385 e. The van der Waals surface area contributed by atoms with Crippen LogP contribution in [0.4, 0.5) is 0 Å². The fraction of sp³-hybridized carbons (Fsp3) is 0.647. The van der Waals surface area contributed by atoms with Gasteiger partial charge in [-0.15, -0.1) is 0 Å². The first-order valence-electron chi connectivity index (χ1n) is 7.80. The van der Waals surface area contributed by atoms with E-state index in [0.717, 1.165) is 39.1 Å². The maximum absolute atomic E-state index is 5.69. The van der Waals surface area contributed by atoms with Crippen LogP contribution in [0.5, 0.6) is 0 Å². The van der Waals surface area contributed by atoms with Gasteiger partial charge in [-0.2, -0.15) is 0 Å². The van der Waals surface area contributed by atoms with Gasteiger partial charge in [0.05, 0.1) is 19.8 Å². The minimum atomic E-state index is 0.629. The highest BCUT2D eigenvalue weighted by molar-refractivity contribution is 5.26. The average Bonchev–Trinajstić information content (AvgIpc) is 2.51. The first-order valence-corrected chi connectivity index (χ1v) is 7.80. The van der Waals surface area contributed by atoms with Crippen LogP contribution < -0.4 is 5.32 Å². The first-order chi connectivity index (χ1) is 10.4.